The van der Waals surface area contributed by atoms with Crippen LogP contribution in [0.25, 0.3) is 6.08 Å². The molecule has 7 nitrogen and oxygen atoms in total. The number of carbonyl (C=O) groups is 1. The number of nitriles is 1. The monoisotopic (exact) mass is 474 g/mol. The van der Waals surface area contributed by atoms with E-state index < -0.39 is 0 Å². The van der Waals surface area contributed by atoms with E-state index in [1.54, 1.807) is 16.4 Å². The summed E-state index contributed by atoms with van der Waals surface area (Å²) in [6, 6.07) is 2.08. The molecule has 2 fully saturated rings. The van der Waals surface area contributed by atoms with Gasteiger partial charge >= 0.3 is 0 Å². The fraction of sp³-hybridized carbons (Fsp3) is 0.565. The summed E-state index contributed by atoms with van der Waals surface area (Å²) in [6.07, 6.45) is 2.59. The van der Waals surface area contributed by atoms with Crippen molar-refractivity contribution >= 4 is 46.1 Å². The molecule has 3 unspecified atom stereocenters. The van der Waals surface area contributed by atoms with Crippen LogP contribution in [0.3, 0.4) is 0 Å². The highest BCUT2D eigenvalue weighted by molar-refractivity contribution is 8.26. The Morgan fingerprint density at radius 2 is 1.91 bits per heavy atom. The lowest BCUT2D eigenvalue weighted by Crippen LogP contribution is -2.48. The van der Waals surface area contributed by atoms with Crippen molar-refractivity contribution in [3.8, 4) is 6.07 Å². The van der Waals surface area contributed by atoms with E-state index >= 15 is 0 Å². The average Bonchev–Trinajstić information content (AvgIpc) is 3.01. The molecule has 0 aromatic carbocycles. The number of aromatic nitrogens is 1. The topological polar surface area (TPSA) is 78.6 Å². The van der Waals surface area contributed by atoms with Crippen molar-refractivity contribution in [2.45, 2.75) is 72.8 Å². The third kappa shape index (κ3) is 4.36. The quantitative estimate of drug-likeness (QED) is 0.476. The average molecular weight is 475 g/mol. The van der Waals surface area contributed by atoms with Gasteiger partial charge in [-0.15, -0.1) is 0 Å². The van der Waals surface area contributed by atoms with Crippen molar-refractivity contribution in [3.63, 3.8) is 0 Å². The summed E-state index contributed by atoms with van der Waals surface area (Å²) in [7, 11) is 0. The molecule has 2 aliphatic rings. The van der Waals surface area contributed by atoms with Gasteiger partial charge in [0.15, 0.2) is 0 Å². The van der Waals surface area contributed by atoms with Crippen LogP contribution in [0, 0.1) is 18.3 Å². The first-order valence-corrected chi connectivity index (χ1v) is 12.2. The number of ether oxygens (including phenoxy) is 1. The molecule has 0 N–H and O–H groups in total. The molecule has 0 aliphatic carbocycles. The SMILES string of the molecule is CCC(C)N1C(=O)C(=Cc2c(C)c(C#N)c(=O)n(CC)c2N2CC(C)OC(C)C2)SC1=S. The Balaban J connectivity index is 2.24. The van der Waals surface area contributed by atoms with Crippen LogP contribution in [-0.4, -0.2) is 51.0 Å². The van der Waals surface area contributed by atoms with Crippen molar-refractivity contribution in [1.29, 1.82) is 5.26 Å². The van der Waals surface area contributed by atoms with Gasteiger partial charge < -0.3 is 9.64 Å². The van der Waals surface area contributed by atoms with Gasteiger partial charge in [0.2, 0.25) is 0 Å². The Kier molecular flexibility index (Phi) is 7.48. The van der Waals surface area contributed by atoms with Gasteiger partial charge in [0.25, 0.3) is 11.5 Å². The maximum Gasteiger partial charge on any atom is 0.270 e. The molecule has 172 valence electrons. The van der Waals surface area contributed by atoms with Crippen LogP contribution in [0.2, 0.25) is 0 Å². The number of hydrogen-bond donors (Lipinski definition) is 0. The minimum absolute atomic E-state index is 0.00780. The first-order valence-electron chi connectivity index (χ1n) is 11.0. The van der Waals surface area contributed by atoms with Crippen molar-refractivity contribution in [1.82, 2.24) is 9.47 Å². The second-order valence-corrected chi connectivity index (χ2v) is 10.0. The van der Waals surface area contributed by atoms with Gasteiger partial charge in [-0.25, -0.2) is 0 Å². The lowest BCUT2D eigenvalue weighted by atomic mass is 10.0. The standard InChI is InChI=1S/C23H30N4O3S2/c1-7-13(3)27-22(29)19(32-23(27)31)9-17-16(6)18(10-24)21(28)26(8-2)20(17)25-11-14(4)30-15(5)12-25/h9,13-15H,7-8,11-12H2,1-6H3. The van der Waals surface area contributed by atoms with E-state index in [4.69, 9.17) is 17.0 Å². The molecule has 0 spiro atoms. The van der Waals surface area contributed by atoms with E-state index in [0.717, 1.165) is 12.2 Å². The lowest BCUT2D eigenvalue weighted by molar-refractivity contribution is -0.123. The molecule has 0 bridgehead atoms. The number of anilines is 1. The third-order valence-electron chi connectivity index (χ3n) is 6.01. The minimum atomic E-state index is -0.307. The second-order valence-electron chi connectivity index (χ2n) is 8.37. The molecule has 2 aliphatic heterocycles. The van der Waals surface area contributed by atoms with Crippen molar-refractivity contribution in [3.05, 3.63) is 31.9 Å². The number of pyridine rings is 1. The zero-order chi connectivity index (χ0) is 23.7. The largest absolute Gasteiger partial charge is 0.372 e. The summed E-state index contributed by atoms with van der Waals surface area (Å²) in [5.74, 6) is 0.598. The number of amides is 1. The molecule has 3 atom stereocenters. The Labute approximate surface area is 199 Å². The molecule has 2 saturated heterocycles. The van der Waals surface area contributed by atoms with Crippen LogP contribution in [0.15, 0.2) is 9.70 Å². The predicted octanol–water partition coefficient (Wildman–Crippen LogP) is 3.66. The van der Waals surface area contributed by atoms with E-state index in [-0.39, 0.29) is 35.3 Å². The van der Waals surface area contributed by atoms with E-state index in [0.29, 0.717) is 40.0 Å². The molecule has 32 heavy (non-hydrogen) atoms. The molecule has 1 aromatic rings. The molecular weight excluding hydrogens is 444 g/mol. The normalized spacial score (nSPS) is 23.7. The summed E-state index contributed by atoms with van der Waals surface area (Å²) in [4.78, 5) is 30.6. The van der Waals surface area contributed by atoms with Crippen LogP contribution in [0.1, 0.15) is 57.7 Å². The fourth-order valence-electron chi connectivity index (χ4n) is 4.30. The van der Waals surface area contributed by atoms with Gasteiger partial charge in [0, 0.05) is 31.2 Å². The van der Waals surface area contributed by atoms with Gasteiger partial charge in [-0.05, 0) is 52.7 Å². The van der Waals surface area contributed by atoms with Crippen LogP contribution in [0.5, 0.6) is 0 Å². The maximum absolute atomic E-state index is 13.2. The molecule has 1 aromatic heterocycles. The van der Waals surface area contributed by atoms with Crippen LogP contribution in [0.4, 0.5) is 5.82 Å². The first kappa shape index (κ1) is 24.5. The van der Waals surface area contributed by atoms with Crippen LogP contribution >= 0.6 is 24.0 Å². The van der Waals surface area contributed by atoms with Gasteiger partial charge in [-0.1, -0.05) is 30.9 Å². The maximum atomic E-state index is 13.2. The van der Waals surface area contributed by atoms with Gasteiger partial charge in [-0.3, -0.25) is 19.1 Å². The molecule has 3 heterocycles. The first-order chi connectivity index (χ1) is 15.1. The summed E-state index contributed by atoms with van der Waals surface area (Å²) >= 11 is 6.76. The second kappa shape index (κ2) is 9.77. The van der Waals surface area contributed by atoms with Crippen molar-refractivity contribution < 1.29 is 9.53 Å². The zero-order valence-electron chi connectivity index (χ0n) is 19.5. The third-order valence-corrected chi connectivity index (χ3v) is 7.34. The summed E-state index contributed by atoms with van der Waals surface area (Å²) in [6.45, 7) is 13.3. The van der Waals surface area contributed by atoms with E-state index in [9.17, 15) is 14.9 Å². The van der Waals surface area contributed by atoms with Gasteiger partial charge in [-0.2, -0.15) is 5.26 Å². The number of nitrogens with zero attached hydrogens (tertiary/aromatic N) is 4. The highest BCUT2D eigenvalue weighted by Crippen LogP contribution is 2.37. The van der Waals surface area contributed by atoms with Gasteiger partial charge in [0.1, 0.15) is 21.8 Å². The zero-order valence-corrected chi connectivity index (χ0v) is 21.1. The highest BCUT2D eigenvalue weighted by atomic mass is 32.2. The van der Waals surface area contributed by atoms with Crippen molar-refractivity contribution in [2.75, 3.05) is 18.0 Å². The Hall–Kier alpha value is -2.15. The van der Waals surface area contributed by atoms with E-state index in [1.807, 2.05) is 40.7 Å². The summed E-state index contributed by atoms with van der Waals surface area (Å²) in [5.41, 5.74) is 1.10. The van der Waals surface area contributed by atoms with Crippen molar-refractivity contribution in [2.24, 2.45) is 0 Å². The van der Waals surface area contributed by atoms with Crippen LogP contribution in [-0.2, 0) is 16.1 Å². The molecule has 9 heteroatoms. The number of thioether (sulfide) groups is 1. The smallest absolute Gasteiger partial charge is 0.270 e. The van der Waals surface area contributed by atoms with Crippen LogP contribution < -0.4 is 10.5 Å². The van der Waals surface area contributed by atoms with E-state index in [1.165, 1.54) is 11.8 Å². The number of carbonyl (C=O) groups excluding carboxylic acids is 1. The Morgan fingerprint density at radius 3 is 2.44 bits per heavy atom. The number of hydrogen-bond acceptors (Lipinski definition) is 7. The summed E-state index contributed by atoms with van der Waals surface area (Å²) in [5, 5.41) is 9.71. The molecule has 0 radical (unpaired) electrons. The molecule has 3 rings (SSSR count). The molecule has 0 saturated carbocycles. The Morgan fingerprint density at radius 1 is 1.28 bits per heavy atom. The minimum Gasteiger partial charge on any atom is -0.372 e. The fourth-order valence-corrected chi connectivity index (χ4v) is 5.75. The number of morpholine rings is 1. The predicted molar refractivity (Wildman–Crippen MR) is 133 cm³/mol. The Bertz CT molecular complexity index is 1060. The van der Waals surface area contributed by atoms with E-state index in [2.05, 4.69) is 11.0 Å². The number of thiocarbonyl (C=S) groups is 1. The lowest BCUT2D eigenvalue weighted by Gasteiger charge is -2.39. The number of rotatable bonds is 5. The van der Waals surface area contributed by atoms with Gasteiger partial charge in [0.05, 0.1) is 17.1 Å². The molecular formula is C23H30N4O3S2. The highest BCUT2D eigenvalue weighted by Gasteiger charge is 2.36. The molecule has 1 amide bonds. The summed E-state index contributed by atoms with van der Waals surface area (Å²) < 4.78 is 8.07.